The Balaban J connectivity index is 1.71. The number of aryl methyl sites for hydroxylation is 1. The predicted octanol–water partition coefficient (Wildman–Crippen LogP) is 2.54. The summed E-state index contributed by atoms with van der Waals surface area (Å²) >= 11 is 0. The Morgan fingerprint density at radius 3 is 3.00 bits per heavy atom. The molecular formula is C18H22N6O. The standard InChI is InChI=1S/C18H22N6O/c1-11-5-6-13(14(25)8-11)15-16-17(20-10-19-16)18(23-22-15)21-12-4-3-7-24(2)9-12/h5-6,8,10,12,25H,3-4,7,9H2,1-2H3,(H,19,20)(H,21,23)/t12-/m1/s1. The zero-order valence-electron chi connectivity index (χ0n) is 14.5. The molecule has 0 spiro atoms. The highest BCUT2D eigenvalue weighted by atomic mass is 16.3. The maximum absolute atomic E-state index is 10.3. The number of H-pyrrole nitrogens is 1. The van der Waals surface area contributed by atoms with Crippen LogP contribution in [0.1, 0.15) is 18.4 Å². The number of nitrogens with zero attached hydrogens (tertiary/aromatic N) is 4. The molecule has 0 bridgehead atoms. The molecule has 130 valence electrons. The topological polar surface area (TPSA) is 90.0 Å². The van der Waals surface area contributed by atoms with Gasteiger partial charge in [0.25, 0.3) is 0 Å². The van der Waals surface area contributed by atoms with Gasteiger partial charge in [0.1, 0.15) is 22.5 Å². The first-order chi connectivity index (χ1) is 12.1. The lowest BCUT2D eigenvalue weighted by molar-refractivity contribution is 0.261. The average Bonchev–Trinajstić information content (AvgIpc) is 3.06. The van der Waals surface area contributed by atoms with Gasteiger partial charge in [0, 0.05) is 18.2 Å². The molecule has 1 saturated heterocycles. The monoisotopic (exact) mass is 338 g/mol. The van der Waals surface area contributed by atoms with E-state index in [0.29, 0.717) is 28.6 Å². The fraction of sp³-hybridized carbons (Fsp3) is 0.389. The van der Waals surface area contributed by atoms with Crippen LogP contribution in [0.3, 0.4) is 0 Å². The number of imidazole rings is 1. The molecular weight excluding hydrogens is 316 g/mol. The second-order valence-corrected chi connectivity index (χ2v) is 6.79. The molecule has 7 heteroatoms. The van der Waals surface area contributed by atoms with Crippen LogP contribution in [0, 0.1) is 6.92 Å². The molecule has 25 heavy (non-hydrogen) atoms. The number of anilines is 1. The van der Waals surface area contributed by atoms with E-state index < -0.39 is 0 Å². The molecule has 0 unspecified atom stereocenters. The highest BCUT2D eigenvalue weighted by Gasteiger charge is 2.21. The van der Waals surface area contributed by atoms with Crippen molar-refractivity contribution in [1.29, 1.82) is 0 Å². The Labute approximate surface area is 146 Å². The Kier molecular flexibility index (Phi) is 4.01. The second kappa shape index (κ2) is 6.33. The highest BCUT2D eigenvalue weighted by Crippen LogP contribution is 2.33. The normalized spacial score (nSPS) is 18.6. The van der Waals surface area contributed by atoms with E-state index in [0.717, 1.165) is 30.6 Å². The fourth-order valence-electron chi connectivity index (χ4n) is 3.45. The van der Waals surface area contributed by atoms with Crippen LogP contribution in [-0.4, -0.2) is 56.4 Å². The van der Waals surface area contributed by atoms with Gasteiger partial charge in [-0.05, 0) is 51.1 Å². The van der Waals surface area contributed by atoms with Crippen molar-refractivity contribution < 1.29 is 5.11 Å². The third-order valence-corrected chi connectivity index (χ3v) is 4.72. The first-order valence-electron chi connectivity index (χ1n) is 8.56. The van der Waals surface area contributed by atoms with E-state index in [9.17, 15) is 5.11 Å². The van der Waals surface area contributed by atoms with Gasteiger partial charge in [0.15, 0.2) is 5.82 Å². The van der Waals surface area contributed by atoms with Gasteiger partial charge in [-0.3, -0.25) is 0 Å². The van der Waals surface area contributed by atoms with Crippen LogP contribution in [0.25, 0.3) is 22.3 Å². The molecule has 0 saturated carbocycles. The molecule has 2 aromatic heterocycles. The van der Waals surface area contributed by atoms with Crippen LogP contribution in [-0.2, 0) is 0 Å². The Morgan fingerprint density at radius 1 is 1.32 bits per heavy atom. The van der Waals surface area contributed by atoms with E-state index >= 15 is 0 Å². The summed E-state index contributed by atoms with van der Waals surface area (Å²) in [5, 5.41) is 22.5. The number of rotatable bonds is 3. The minimum absolute atomic E-state index is 0.188. The van der Waals surface area contributed by atoms with Crippen LogP contribution in [0.15, 0.2) is 24.5 Å². The average molecular weight is 338 g/mol. The van der Waals surface area contributed by atoms with Crippen molar-refractivity contribution in [3.8, 4) is 17.0 Å². The van der Waals surface area contributed by atoms with Gasteiger partial charge in [-0.1, -0.05) is 6.07 Å². The molecule has 3 N–H and O–H groups in total. The number of aromatic hydroxyl groups is 1. The lowest BCUT2D eigenvalue weighted by Crippen LogP contribution is -2.40. The molecule has 3 aromatic rings. The maximum Gasteiger partial charge on any atom is 0.175 e. The zero-order chi connectivity index (χ0) is 17.4. The van der Waals surface area contributed by atoms with Crippen LogP contribution < -0.4 is 5.32 Å². The van der Waals surface area contributed by atoms with Gasteiger partial charge in [0.2, 0.25) is 0 Å². The number of aromatic nitrogens is 4. The minimum Gasteiger partial charge on any atom is -0.507 e. The lowest BCUT2D eigenvalue weighted by Gasteiger charge is -2.30. The molecule has 0 amide bonds. The molecule has 1 aliphatic heterocycles. The van der Waals surface area contributed by atoms with Gasteiger partial charge in [-0.2, -0.15) is 0 Å². The van der Waals surface area contributed by atoms with Gasteiger partial charge >= 0.3 is 0 Å². The van der Waals surface area contributed by atoms with Crippen molar-refractivity contribution in [3.05, 3.63) is 30.1 Å². The van der Waals surface area contributed by atoms with E-state index in [2.05, 4.69) is 37.4 Å². The fourth-order valence-corrected chi connectivity index (χ4v) is 3.45. The quantitative estimate of drug-likeness (QED) is 0.680. The summed E-state index contributed by atoms with van der Waals surface area (Å²) in [5.41, 5.74) is 3.74. The number of likely N-dealkylation sites (tertiary alicyclic amines) is 1. The number of hydrogen-bond donors (Lipinski definition) is 3. The summed E-state index contributed by atoms with van der Waals surface area (Å²) in [6.45, 7) is 4.06. The zero-order valence-corrected chi connectivity index (χ0v) is 14.5. The molecule has 0 aliphatic carbocycles. The van der Waals surface area contributed by atoms with Gasteiger partial charge in [-0.25, -0.2) is 4.98 Å². The van der Waals surface area contributed by atoms with Gasteiger partial charge in [0.05, 0.1) is 6.33 Å². The Hall–Kier alpha value is -2.67. The summed E-state index contributed by atoms with van der Waals surface area (Å²) in [5.74, 6) is 0.899. The molecule has 0 radical (unpaired) electrons. The number of phenolic OH excluding ortho intramolecular Hbond substituents is 1. The van der Waals surface area contributed by atoms with Crippen molar-refractivity contribution in [2.45, 2.75) is 25.8 Å². The highest BCUT2D eigenvalue weighted by molar-refractivity contribution is 5.96. The summed E-state index contributed by atoms with van der Waals surface area (Å²) in [4.78, 5) is 9.88. The van der Waals surface area contributed by atoms with Crippen LogP contribution in [0.2, 0.25) is 0 Å². The number of piperidine rings is 1. The van der Waals surface area contributed by atoms with Crippen molar-refractivity contribution in [3.63, 3.8) is 0 Å². The largest absolute Gasteiger partial charge is 0.507 e. The van der Waals surface area contributed by atoms with E-state index in [1.807, 2.05) is 19.1 Å². The molecule has 1 aliphatic rings. The van der Waals surface area contributed by atoms with Gasteiger partial charge < -0.3 is 20.3 Å². The van der Waals surface area contributed by atoms with E-state index in [4.69, 9.17) is 0 Å². The number of fused-ring (bicyclic) bond motifs is 1. The van der Waals surface area contributed by atoms with Crippen molar-refractivity contribution >= 4 is 16.9 Å². The number of benzene rings is 1. The summed E-state index contributed by atoms with van der Waals surface area (Å²) < 4.78 is 0. The number of nitrogens with one attached hydrogen (secondary N) is 2. The molecule has 3 heterocycles. The number of likely N-dealkylation sites (N-methyl/N-ethyl adjacent to an activating group) is 1. The van der Waals surface area contributed by atoms with Crippen LogP contribution >= 0.6 is 0 Å². The summed E-state index contributed by atoms with van der Waals surface area (Å²) in [6, 6.07) is 5.86. The summed E-state index contributed by atoms with van der Waals surface area (Å²) in [7, 11) is 2.13. The molecule has 7 nitrogen and oxygen atoms in total. The smallest absolute Gasteiger partial charge is 0.175 e. The second-order valence-electron chi connectivity index (χ2n) is 6.79. The molecule has 1 aromatic carbocycles. The lowest BCUT2D eigenvalue weighted by atomic mass is 10.1. The van der Waals surface area contributed by atoms with Crippen LogP contribution in [0.4, 0.5) is 5.82 Å². The van der Waals surface area contributed by atoms with E-state index in [-0.39, 0.29) is 5.75 Å². The van der Waals surface area contributed by atoms with Crippen molar-refractivity contribution in [2.75, 3.05) is 25.5 Å². The molecule has 1 atom stereocenters. The third kappa shape index (κ3) is 3.02. The minimum atomic E-state index is 0.188. The van der Waals surface area contributed by atoms with Crippen LogP contribution in [0.5, 0.6) is 5.75 Å². The number of aromatic amines is 1. The first kappa shape index (κ1) is 15.8. The SMILES string of the molecule is Cc1ccc(-c2nnc(N[C@@H]3CCCN(C)C3)c3[nH]cnc23)c(O)c1. The van der Waals surface area contributed by atoms with Crippen molar-refractivity contribution in [2.24, 2.45) is 0 Å². The molecule has 1 fully saturated rings. The number of phenols is 1. The van der Waals surface area contributed by atoms with E-state index in [1.54, 1.807) is 12.4 Å². The Bertz CT molecular complexity index is 906. The third-order valence-electron chi connectivity index (χ3n) is 4.72. The molecule has 4 rings (SSSR count). The maximum atomic E-state index is 10.3. The predicted molar refractivity (Wildman–Crippen MR) is 97.7 cm³/mol. The van der Waals surface area contributed by atoms with Gasteiger partial charge in [-0.15, -0.1) is 10.2 Å². The van der Waals surface area contributed by atoms with E-state index in [1.165, 1.54) is 6.42 Å². The van der Waals surface area contributed by atoms with Crippen molar-refractivity contribution in [1.82, 2.24) is 25.1 Å². The Morgan fingerprint density at radius 2 is 2.20 bits per heavy atom. The first-order valence-corrected chi connectivity index (χ1v) is 8.56. The number of hydrogen-bond acceptors (Lipinski definition) is 6. The summed E-state index contributed by atoms with van der Waals surface area (Å²) in [6.07, 6.45) is 3.92.